The van der Waals surface area contributed by atoms with Gasteiger partial charge in [0.05, 0.1) is 6.61 Å². The van der Waals surface area contributed by atoms with Crippen LogP contribution in [0.5, 0.6) is 0 Å². The zero-order valence-electron chi connectivity index (χ0n) is 11.1. The molecule has 0 aliphatic carbocycles. The van der Waals surface area contributed by atoms with Crippen molar-refractivity contribution in [2.45, 2.75) is 63.4 Å². The SMILES string of the molecule is CC1(C)O[C@@H]2[C@@H](CO[C@]3(CO)OC(C)(C)O[C@@H]23)O1. The van der Waals surface area contributed by atoms with Gasteiger partial charge in [-0.05, 0) is 27.7 Å². The van der Waals surface area contributed by atoms with Crippen LogP contribution < -0.4 is 0 Å². The second-order valence-electron chi connectivity index (χ2n) is 5.96. The molecule has 3 aliphatic heterocycles. The van der Waals surface area contributed by atoms with Gasteiger partial charge < -0.3 is 28.8 Å². The molecule has 0 aromatic rings. The second-order valence-corrected chi connectivity index (χ2v) is 5.96. The molecular formula is C12H20O6. The lowest BCUT2D eigenvalue weighted by molar-refractivity contribution is -0.294. The summed E-state index contributed by atoms with van der Waals surface area (Å²) >= 11 is 0. The molecule has 3 fully saturated rings. The third-order valence-electron chi connectivity index (χ3n) is 3.50. The van der Waals surface area contributed by atoms with Crippen LogP contribution in [0.4, 0.5) is 0 Å². The molecule has 3 heterocycles. The van der Waals surface area contributed by atoms with Gasteiger partial charge in [0.2, 0.25) is 5.79 Å². The highest BCUT2D eigenvalue weighted by molar-refractivity contribution is 5.03. The van der Waals surface area contributed by atoms with Crippen LogP contribution in [-0.4, -0.2) is 54.0 Å². The normalized spacial score (nSPS) is 48.8. The number of ether oxygens (including phenoxy) is 5. The summed E-state index contributed by atoms with van der Waals surface area (Å²) in [5, 5.41) is 9.61. The van der Waals surface area contributed by atoms with Crippen molar-refractivity contribution in [1.29, 1.82) is 0 Å². The van der Waals surface area contributed by atoms with Crippen LogP contribution in [0.15, 0.2) is 0 Å². The molecule has 0 spiro atoms. The lowest BCUT2D eigenvalue weighted by atomic mass is 9.98. The Morgan fingerprint density at radius 1 is 1.06 bits per heavy atom. The molecular weight excluding hydrogens is 240 g/mol. The van der Waals surface area contributed by atoms with E-state index in [1.54, 1.807) is 13.8 Å². The quantitative estimate of drug-likeness (QED) is 0.735. The van der Waals surface area contributed by atoms with E-state index in [1.165, 1.54) is 0 Å². The molecule has 3 saturated heterocycles. The van der Waals surface area contributed by atoms with E-state index in [-0.39, 0.29) is 18.8 Å². The minimum absolute atomic E-state index is 0.192. The fourth-order valence-corrected chi connectivity index (χ4v) is 2.96. The van der Waals surface area contributed by atoms with E-state index < -0.39 is 23.5 Å². The van der Waals surface area contributed by atoms with E-state index in [1.807, 2.05) is 13.8 Å². The van der Waals surface area contributed by atoms with Crippen LogP contribution in [-0.2, 0) is 23.7 Å². The van der Waals surface area contributed by atoms with Crippen molar-refractivity contribution in [1.82, 2.24) is 0 Å². The predicted molar refractivity (Wildman–Crippen MR) is 59.6 cm³/mol. The highest BCUT2D eigenvalue weighted by atomic mass is 16.9. The highest BCUT2D eigenvalue weighted by Crippen LogP contribution is 2.47. The average Bonchev–Trinajstić information content (AvgIpc) is 2.70. The fourth-order valence-electron chi connectivity index (χ4n) is 2.96. The summed E-state index contributed by atoms with van der Waals surface area (Å²) in [4.78, 5) is 0. The minimum atomic E-state index is -1.14. The number of hydrogen-bond acceptors (Lipinski definition) is 6. The Morgan fingerprint density at radius 2 is 1.78 bits per heavy atom. The summed E-state index contributed by atoms with van der Waals surface area (Å²) in [6, 6.07) is 0. The first-order chi connectivity index (χ1) is 8.27. The number of aliphatic hydroxyl groups excluding tert-OH is 1. The fraction of sp³-hybridized carbons (Fsp3) is 1.00. The standard InChI is InChI=1S/C12H20O6/c1-10(2)15-7-5-14-12(6-13)9(8(7)16-10)17-11(3,4)18-12/h7-9,13H,5-6H2,1-4H3/t7-,8-,9+,12-/m1/s1. The maximum Gasteiger partial charge on any atom is 0.224 e. The van der Waals surface area contributed by atoms with Crippen molar-refractivity contribution in [2.75, 3.05) is 13.2 Å². The van der Waals surface area contributed by atoms with Crippen molar-refractivity contribution in [3.8, 4) is 0 Å². The molecule has 0 unspecified atom stereocenters. The van der Waals surface area contributed by atoms with Crippen LogP contribution in [0.25, 0.3) is 0 Å². The molecule has 0 aromatic heterocycles. The minimum Gasteiger partial charge on any atom is -0.391 e. The summed E-state index contributed by atoms with van der Waals surface area (Å²) in [5.74, 6) is -2.62. The van der Waals surface area contributed by atoms with E-state index in [2.05, 4.69) is 0 Å². The van der Waals surface area contributed by atoms with Gasteiger partial charge >= 0.3 is 0 Å². The Hall–Kier alpha value is -0.240. The zero-order chi connectivity index (χ0) is 13.2. The molecule has 18 heavy (non-hydrogen) atoms. The molecule has 1 N–H and O–H groups in total. The van der Waals surface area contributed by atoms with Crippen molar-refractivity contribution in [2.24, 2.45) is 0 Å². The van der Waals surface area contributed by atoms with Gasteiger partial charge in [-0.15, -0.1) is 0 Å². The Balaban J connectivity index is 1.90. The van der Waals surface area contributed by atoms with E-state index >= 15 is 0 Å². The lowest BCUT2D eigenvalue weighted by Crippen LogP contribution is -2.60. The van der Waals surface area contributed by atoms with Crippen LogP contribution in [0, 0.1) is 0 Å². The maximum absolute atomic E-state index is 9.61. The summed E-state index contributed by atoms with van der Waals surface area (Å²) < 4.78 is 28.9. The molecule has 3 aliphatic rings. The predicted octanol–water partition coefficient (Wildman–Crippen LogP) is 0.377. The van der Waals surface area contributed by atoms with Crippen LogP contribution in [0.2, 0.25) is 0 Å². The summed E-state index contributed by atoms with van der Waals surface area (Å²) in [6.07, 6.45) is -0.970. The van der Waals surface area contributed by atoms with Gasteiger partial charge in [-0.3, -0.25) is 0 Å². The summed E-state index contributed by atoms with van der Waals surface area (Å²) in [6.45, 7) is 7.35. The first-order valence-electron chi connectivity index (χ1n) is 6.25. The molecule has 0 saturated carbocycles. The van der Waals surface area contributed by atoms with Gasteiger partial charge in [-0.2, -0.15) is 0 Å². The summed E-state index contributed by atoms with van der Waals surface area (Å²) in [7, 11) is 0. The van der Waals surface area contributed by atoms with Gasteiger partial charge in [0.1, 0.15) is 24.9 Å². The zero-order valence-corrected chi connectivity index (χ0v) is 11.1. The summed E-state index contributed by atoms with van der Waals surface area (Å²) in [5.41, 5.74) is 0. The van der Waals surface area contributed by atoms with Crippen LogP contribution in [0.3, 0.4) is 0 Å². The van der Waals surface area contributed by atoms with Crippen molar-refractivity contribution >= 4 is 0 Å². The Bertz CT molecular complexity index is 354. The molecule has 6 nitrogen and oxygen atoms in total. The van der Waals surface area contributed by atoms with Crippen molar-refractivity contribution in [3.63, 3.8) is 0 Å². The number of rotatable bonds is 1. The topological polar surface area (TPSA) is 66.4 Å². The van der Waals surface area contributed by atoms with E-state index in [0.717, 1.165) is 0 Å². The first kappa shape index (κ1) is 12.8. The molecule has 0 radical (unpaired) electrons. The van der Waals surface area contributed by atoms with Crippen molar-refractivity contribution < 1.29 is 28.8 Å². The van der Waals surface area contributed by atoms with Crippen LogP contribution >= 0.6 is 0 Å². The third kappa shape index (κ3) is 1.79. The monoisotopic (exact) mass is 260 g/mol. The molecule has 6 heteroatoms. The first-order valence-corrected chi connectivity index (χ1v) is 6.25. The smallest absolute Gasteiger partial charge is 0.224 e. The Labute approximate surface area is 106 Å². The molecule has 0 aromatic carbocycles. The Morgan fingerprint density at radius 3 is 2.44 bits per heavy atom. The number of fused-ring (bicyclic) bond motifs is 3. The molecule has 104 valence electrons. The van der Waals surface area contributed by atoms with Gasteiger partial charge in [-0.25, -0.2) is 0 Å². The van der Waals surface area contributed by atoms with Gasteiger partial charge in [0.15, 0.2) is 11.6 Å². The second kappa shape index (κ2) is 3.65. The maximum atomic E-state index is 9.61. The van der Waals surface area contributed by atoms with E-state index in [9.17, 15) is 5.11 Å². The number of aliphatic hydroxyl groups is 1. The molecule has 3 rings (SSSR count). The largest absolute Gasteiger partial charge is 0.391 e. The van der Waals surface area contributed by atoms with Crippen molar-refractivity contribution in [3.05, 3.63) is 0 Å². The van der Waals surface area contributed by atoms with Gasteiger partial charge in [-0.1, -0.05) is 0 Å². The molecule has 0 bridgehead atoms. The molecule has 0 amide bonds. The average molecular weight is 260 g/mol. The third-order valence-corrected chi connectivity index (χ3v) is 3.50. The van der Waals surface area contributed by atoms with Crippen LogP contribution in [0.1, 0.15) is 27.7 Å². The van der Waals surface area contributed by atoms with Gasteiger partial charge in [0, 0.05) is 0 Å². The van der Waals surface area contributed by atoms with E-state index in [4.69, 9.17) is 23.7 Å². The highest BCUT2D eigenvalue weighted by Gasteiger charge is 2.65. The van der Waals surface area contributed by atoms with E-state index in [0.29, 0.717) is 6.61 Å². The lowest BCUT2D eigenvalue weighted by Gasteiger charge is -2.39. The Kier molecular flexibility index (Phi) is 2.59. The number of hydrogen-bond donors (Lipinski definition) is 1. The molecule has 4 atom stereocenters. The van der Waals surface area contributed by atoms with Gasteiger partial charge in [0.25, 0.3) is 0 Å².